The molecule has 3 aromatic rings. The van der Waals surface area contributed by atoms with E-state index in [1.165, 1.54) is 6.39 Å². The van der Waals surface area contributed by atoms with Crippen LogP contribution in [-0.2, 0) is 4.79 Å². The zero-order valence-electron chi connectivity index (χ0n) is 14.6. The summed E-state index contributed by atoms with van der Waals surface area (Å²) in [6.07, 6.45) is 4.75. The first-order chi connectivity index (χ1) is 12.7. The van der Waals surface area contributed by atoms with Crippen molar-refractivity contribution in [3.63, 3.8) is 0 Å². The molecule has 8 heteroatoms. The van der Waals surface area contributed by atoms with E-state index in [0.717, 1.165) is 42.6 Å². The molecule has 0 bridgehead atoms. The van der Waals surface area contributed by atoms with Gasteiger partial charge >= 0.3 is 0 Å². The second-order valence-electron chi connectivity index (χ2n) is 6.46. The molecular weight excluding hydrogens is 332 g/mol. The fraction of sp³-hybridized carbons (Fsp3) is 0.333. The minimum atomic E-state index is -0.0970. The fourth-order valence-electron chi connectivity index (χ4n) is 2.97. The highest BCUT2D eigenvalue weighted by Gasteiger charge is 2.17. The Morgan fingerprint density at radius 2 is 2.08 bits per heavy atom. The molecule has 8 nitrogen and oxygen atoms in total. The second-order valence-corrected chi connectivity index (χ2v) is 6.46. The van der Waals surface area contributed by atoms with Crippen molar-refractivity contribution in [1.82, 2.24) is 24.8 Å². The first-order valence-corrected chi connectivity index (χ1v) is 8.54. The lowest BCUT2D eigenvalue weighted by molar-refractivity contribution is -0.117. The lowest BCUT2D eigenvalue weighted by Crippen LogP contribution is -2.47. The largest absolute Gasteiger partial charge is 0.444 e. The number of hydrogen-bond donors (Lipinski definition) is 1. The Kier molecular flexibility index (Phi) is 4.59. The number of amides is 1. The maximum Gasteiger partial charge on any atom is 0.240 e. The normalized spacial score (nSPS) is 16.0. The van der Waals surface area contributed by atoms with Crippen molar-refractivity contribution in [2.75, 3.05) is 45.1 Å². The van der Waals surface area contributed by atoms with Crippen LogP contribution in [0.15, 0.2) is 41.4 Å². The minimum Gasteiger partial charge on any atom is -0.444 e. The first-order valence-electron chi connectivity index (χ1n) is 8.54. The molecule has 0 spiro atoms. The molecule has 1 N–H and O–H groups in total. The van der Waals surface area contributed by atoms with Gasteiger partial charge in [0.2, 0.25) is 11.9 Å². The van der Waals surface area contributed by atoms with Gasteiger partial charge in [-0.15, -0.1) is 0 Å². The number of rotatable bonds is 4. The van der Waals surface area contributed by atoms with Crippen molar-refractivity contribution in [2.24, 2.45) is 0 Å². The van der Waals surface area contributed by atoms with Crippen LogP contribution < -0.4 is 5.32 Å². The third-order valence-electron chi connectivity index (χ3n) is 4.51. The summed E-state index contributed by atoms with van der Waals surface area (Å²) in [5.41, 5.74) is 1.62. The van der Waals surface area contributed by atoms with E-state index in [1.54, 1.807) is 12.4 Å². The van der Waals surface area contributed by atoms with Gasteiger partial charge in [-0.25, -0.2) is 15.0 Å². The molecule has 2 aromatic heterocycles. The number of benzene rings is 1. The number of fused-ring (bicyclic) bond motifs is 1. The zero-order chi connectivity index (χ0) is 17.9. The van der Waals surface area contributed by atoms with Crippen LogP contribution in [0, 0.1) is 0 Å². The maximum absolute atomic E-state index is 12.3. The minimum absolute atomic E-state index is 0.0970. The lowest BCUT2D eigenvalue weighted by Gasteiger charge is -2.31. The van der Waals surface area contributed by atoms with E-state index >= 15 is 0 Å². The fourth-order valence-corrected chi connectivity index (χ4v) is 2.97. The molecule has 1 aliphatic heterocycles. The van der Waals surface area contributed by atoms with Gasteiger partial charge in [-0.1, -0.05) is 12.1 Å². The molecule has 26 heavy (non-hydrogen) atoms. The number of carbonyl (C=O) groups is 1. The van der Waals surface area contributed by atoms with E-state index in [-0.39, 0.29) is 5.91 Å². The number of carbonyl (C=O) groups excluding carboxylic acids is 1. The van der Waals surface area contributed by atoms with Crippen molar-refractivity contribution in [2.45, 2.75) is 0 Å². The zero-order valence-corrected chi connectivity index (χ0v) is 14.6. The molecule has 1 saturated heterocycles. The molecule has 0 saturated carbocycles. The highest BCUT2D eigenvalue weighted by atomic mass is 16.3. The molecule has 1 aliphatic rings. The van der Waals surface area contributed by atoms with Crippen LogP contribution in [0.2, 0.25) is 0 Å². The summed E-state index contributed by atoms with van der Waals surface area (Å²) in [5.74, 6) is 0.887. The Bertz CT molecular complexity index is 903. The second kappa shape index (κ2) is 7.19. The van der Waals surface area contributed by atoms with Gasteiger partial charge < -0.3 is 9.32 Å². The van der Waals surface area contributed by atoms with E-state index in [1.807, 2.05) is 18.2 Å². The highest BCUT2D eigenvalue weighted by molar-refractivity contribution is 5.92. The average Bonchev–Trinajstić information content (AvgIpc) is 3.18. The molecule has 134 valence electrons. The molecule has 0 radical (unpaired) electrons. The van der Waals surface area contributed by atoms with Crippen molar-refractivity contribution in [1.29, 1.82) is 0 Å². The Morgan fingerprint density at radius 1 is 1.23 bits per heavy atom. The molecule has 1 amide bonds. The van der Waals surface area contributed by atoms with Gasteiger partial charge in [-0.3, -0.25) is 15.0 Å². The van der Waals surface area contributed by atoms with Crippen LogP contribution in [0.5, 0.6) is 0 Å². The third kappa shape index (κ3) is 3.71. The summed E-state index contributed by atoms with van der Waals surface area (Å²) in [7, 11) is 2.09. The lowest BCUT2D eigenvalue weighted by atomic mass is 10.1. The van der Waals surface area contributed by atoms with Crippen LogP contribution in [0.1, 0.15) is 0 Å². The number of aromatic nitrogens is 3. The number of nitrogens with one attached hydrogen (secondary N) is 1. The third-order valence-corrected chi connectivity index (χ3v) is 4.51. The van der Waals surface area contributed by atoms with E-state index in [2.05, 4.69) is 37.1 Å². The number of nitrogens with zero attached hydrogens (tertiary/aromatic N) is 5. The van der Waals surface area contributed by atoms with Gasteiger partial charge in [0.1, 0.15) is 0 Å². The van der Waals surface area contributed by atoms with Gasteiger partial charge in [0.15, 0.2) is 12.2 Å². The number of hydrogen-bond acceptors (Lipinski definition) is 7. The quantitative estimate of drug-likeness (QED) is 0.761. The number of oxazole rings is 1. The smallest absolute Gasteiger partial charge is 0.240 e. The predicted molar refractivity (Wildman–Crippen MR) is 97.6 cm³/mol. The summed E-state index contributed by atoms with van der Waals surface area (Å²) in [5, 5.41) is 3.69. The number of anilines is 1. The molecule has 0 atom stereocenters. The standard InChI is InChI=1S/C18H20N6O2/c1-23-4-6-24(7-5-23)11-17(25)22-18-20-9-14-3-2-13(8-15(14)21-18)16-10-19-12-26-16/h2-3,8-10,12H,4-7,11H2,1H3,(H,20,21,22,25). The predicted octanol–water partition coefficient (Wildman–Crippen LogP) is 1.47. The van der Waals surface area contributed by atoms with Crippen molar-refractivity contribution in [3.8, 4) is 11.3 Å². The topological polar surface area (TPSA) is 87.4 Å². The van der Waals surface area contributed by atoms with Crippen molar-refractivity contribution >= 4 is 22.8 Å². The van der Waals surface area contributed by atoms with Gasteiger partial charge in [-0.05, 0) is 13.1 Å². The molecule has 0 aliphatic carbocycles. The van der Waals surface area contributed by atoms with Gasteiger partial charge in [0, 0.05) is 43.3 Å². The van der Waals surface area contributed by atoms with Crippen LogP contribution in [-0.4, -0.2) is 70.4 Å². The van der Waals surface area contributed by atoms with E-state index < -0.39 is 0 Å². The number of likely N-dealkylation sites (N-methyl/N-ethyl adjacent to an activating group) is 1. The molecule has 1 aromatic carbocycles. The van der Waals surface area contributed by atoms with E-state index in [4.69, 9.17) is 4.42 Å². The highest BCUT2D eigenvalue weighted by Crippen LogP contribution is 2.23. The van der Waals surface area contributed by atoms with Crippen LogP contribution in [0.3, 0.4) is 0 Å². The van der Waals surface area contributed by atoms with Crippen LogP contribution in [0.25, 0.3) is 22.2 Å². The van der Waals surface area contributed by atoms with Gasteiger partial charge in [-0.2, -0.15) is 0 Å². The molecule has 0 unspecified atom stereocenters. The van der Waals surface area contributed by atoms with Gasteiger partial charge in [0.25, 0.3) is 0 Å². The summed E-state index contributed by atoms with van der Waals surface area (Å²) >= 11 is 0. The van der Waals surface area contributed by atoms with E-state index in [0.29, 0.717) is 18.3 Å². The van der Waals surface area contributed by atoms with Crippen LogP contribution >= 0.6 is 0 Å². The SMILES string of the molecule is CN1CCN(CC(=O)Nc2ncc3ccc(-c4cnco4)cc3n2)CC1. The average molecular weight is 352 g/mol. The first kappa shape index (κ1) is 16.6. The Hall–Kier alpha value is -2.84. The summed E-state index contributed by atoms with van der Waals surface area (Å²) in [6, 6.07) is 5.74. The Labute approximate surface area is 150 Å². The van der Waals surface area contributed by atoms with Crippen LogP contribution in [0.4, 0.5) is 5.95 Å². The molecule has 4 rings (SSSR count). The maximum atomic E-state index is 12.3. The van der Waals surface area contributed by atoms with E-state index in [9.17, 15) is 4.79 Å². The summed E-state index contributed by atoms with van der Waals surface area (Å²) < 4.78 is 5.32. The molecule has 3 heterocycles. The van der Waals surface area contributed by atoms with Gasteiger partial charge in [0.05, 0.1) is 18.3 Å². The Balaban J connectivity index is 1.47. The number of piperazine rings is 1. The molecular formula is C18H20N6O2. The Morgan fingerprint density at radius 3 is 2.85 bits per heavy atom. The van der Waals surface area contributed by atoms with Crippen molar-refractivity contribution < 1.29 is 9.21 Å². The molecule has 1 fully saturated rings. The monoisotopic (exact) mass is 352 g/mol. The summed E-state index contributed by atoms with van der Waals surface area (Å²) in [6.45, 7) is 4.09. The van der Waals surface area contributed by atoms with Crippen molar-refractivity contribution in [3.05, 3.63) is 37.0 Å². The summed E-state index contributed by atoms with van der Waals surface area (Å²) in [4.78, 5) is 29.3.